The molecule has 1 fully saturated rings. The molecule has 2 aromatic carbocycles. The molecule has 0 saturated heterocycles. The molecule has 1 amide bonds. The van der Waals surface area contributed by atoms with E-state index in [0.29, 0.717) is 17.4 Å². The minimum Gasteiger partial charge on any atom is -0.490 e. The Morgan fingerprint density at radius 1 is 0.923 bits per heavy atom. The van der Waals surface area contributed by atoms with Crippen LogP contribution in [0.15, 0.2) is 60.8 Å². The van der Waals surface area contributed by atoms with Crippen LogP contribution in [0, 0.1) is 5.92 Å². The molecule has 39 heavy (non-hydrogen) atoms. The zero-order valence-electron chi connectivity index (χ0n) is 23.6. The molecule has 0 radical (unpaired) electrons. The summed E-state index contributed by atoms with van der Waals surface area (Å²) in [6.45, 7) is 11.5. The Bertz CT molecular complexity index is 1270. The fourth-order valence-corrected chi connectivity index (χ4v) is 5.03. The van der Waals surface area contributed by atoms with Crippen molar-refractivity contribution in [3.8, 4) is 17.5 Å². The van der Waals surface area contributed by atoms with Gasteiger partial charge in [0, 0.05) is 11.6 Å². The summed E-state index contributed by atoms with van der Waals surface area (Å²) in [7, 11) is 0. The average molecular weight is 534 g/mol. The topological polar surface area (TPSA) is 117 Å². The number of ether oxygens (including phenoxy) is 3. The first-order chi connectivity index (χ1) is 18.2. The van der Waals surface area contributed by atoms with Gasteiger partial charge in [0.15, 0.2) is 0 Å². The van der Waals surface area contributed by atoms with Crippen LogP contribution in [0.2, 0.25) is 0 Å². The van der Waals surface area contributed by atoms with Gasteiger partial charge in [-0.25, -0.2) is 9.78 Å². The first-order valence-electron chi connectivity index (χ1n) is 13.3. The Morgan fingerprint density at radius 2 is 1.49 bits per heavy atom. The van der Waals surface area contributed by atoms with Gasteiger partial charge in [-0.15, -0.1) is 0 Å². The molecule has 0 atom stereocenters. The normalized spacial score (nSPS) is 17.7. The van der Waals surface area contributed by atoms with Crippen LogP contribution in [0.1, 0.15) is 77.6 Å². The van der Waals surface area contributed by atoms with Gasteiger partial charge in [-0.3, -0.25) is 0 Å². The lowest BCUT2D eigenvalue weighted by Gasteiger charge is -2.39. The maximum atomic E-state index is 11.1. The zero-order chi connectivity index (χ0) is 28.4. The van der Waals surface area contributed by atoms with Crippen molar-refractivity contribution >= 4 is 6.09 Å². The maximum Gasteiger partial charge on any atom is 0.405 e. The lowest BCUT2D eigenvalue weighted by Crippen LogP contribution is -2.40. The molecule has 3 N–H and O–H groups in total. The summed E-state index contributed by atoms with van der Waals surface area (Å²) < 4.78 is 17.2. The standard InChI is InChI=1S/C31H39N3O5/c1-29(2,39-27(32)35)19-20-17-25(18-20)37-23-11-7-21(8-12-23)30(3,4)22-9-13-24(14-10-22)38-28-33-16-15-26(34-28)31(5,6)36/h7-16,20,25,36H,17-19H2,1-6H3,(H2,32,35). The number of nitrogens with zero attached hydrogens (tertiary/aromatic N) is 2. The zero-order valence-corrected chi connectivity index (χ0v) is 23.6. The molecular weight excluding hydrogens is 494 g/mol. The van der Waals surface area contributed by atoms with E-state index >= 15 is 0 Å². The minimum atomic E-state index is -1.07. The highest BCUT2D eigenvalue weighted by Crippen LogP contribution is 2.39. The number of hydrogen-bond acceptors (Lipinski definition) is 7. The Labute approximate surface area is 230 Å². The van der Waals surface area contributed by atoms with Gasteiger partial charge in [-0.1, -0.05) is 38.1 Å². The Morgan fingerprint density at radius 3 is 2.03 bits per heavy atom. The van der Waals surface area contributed by atoms with Gasteiger partial charge in [0.1, 0.15) is 22.7 Å². The number of aromatic nitrogens is 2. The average Bonchev–Trinajstić information content (AvgIpc) is 2.82. The van der Waals surface area contributed by atoms with Crippen molar-refractivity contribution in [3.63, 3.8) is 0 Å². The van der Waals surface area contributed by atoms with E-state index in [4.69, 9.17) is 19.9 Å². The lowest BCUT2D eigenvalue weighted by molar-refractivity contribution is -0.0131. The van der Waals surface area contributed by atoms with Crippen LogP contribution in [0.4, 0.5) is 4.79 Å². The van der Waals surface area contributed by atoms with Crippen molar-refractivity contribution in [3.05, 3.63) is 77.6 Å². The van der Waals surface area contributed by atoms with Gasteiger partial charge in [0.2, 0.25) is 0 Å². The molecule has 0 aliphatic heterocycles. The molecule has 8 heteroatoms. The molecule has 1 aromatic heterocycles. The number of hydrogen-bond donors (Lipinski definition) is 2. The second kappa shape index (κ2) is 10.8. The van der Waals surface area contributed by atoms with Crippen LogP contribution in [0.3, 0.4) is 0 Å². The number of carbonyl (C=O) groups excluding carboxylic acids is 1. The highest BCUT2D eigenvalue weighted by molar-refractivity contribution is 5.65. The summed E-state index contributed by atoms with van der Waals surface area (Å²) in [5.41, 5.74) is 6.10. The predicted octanol–water partition coefficient (Wildman–Crippen LogP) is 6.24. The maximum absolute atomic E-state index is 11.1. The third-order valence-electron chi connectivity index (χ3n) is 7.27. The van der Waals surface area contributed by atoms with Crippen LogP contribution >= 0.6 is 0 Å². The molecule has 4 rings (SSSR count). The summed E-state index contributed by atoms with van der Waals surface area (Å²) in [5.74, 6) is 1.92. The summed E-state index contributed by atoms with van der Waals surface area (Å²) >= 11 is 0. The smallest absolute Gasteiger partial charge is 0.405 e. The van der Waals surface area contributed by atoms with E-state index in [1.54, 1.807) is 26.1 Å². The molecule has 8 nitrogen and oxygen atoms in total. The Kier molecular flexibility index (Phi) is 7.89. The molecular formula is C31H39N3O5. The van der Waals surface area contributed by atoms with Crippen molar-refractivity contribution < 1.29 is 24.1 Å². The van der Waals surface area contributed by atoms with Crippen molar-refractivity contribution in [1.29, 1.82) is 0 Å². The number of amides is 1. The van der Waals surface area contributed by atoms with Crippen LogP contribution in [0.5, 0.6) is 17.5 Å². The van der Waals surface area contributed by atoms with Crippen LogP contribution in [-0.4, -0.2) is 32.9 Å². The molecule has 1 heterocycles. The second-order valence-corrected chi connectivity index (χ2v) is 12.0. The SMILES string of the molecule is CC(C)(CC1CC(Oc2ccc(C(C)(C)c3ccc(Oc4nccc(C(C)(C)O)n4)cc3)cc2)C1)OC(N)=O. The molecule has 1 aliphatic carbocycles. The fraction of sp³-hybridized carbons (Fsp3) is 0.452. The van der Waals surface area contributed by atoms with Crippen LogP contribution in [0.25, 0.3) is 0 Å². The van der Waals surface area contributed by atoms with Gasteiger partial charge >= 0.3 is 12.1 Å². The first kappa shape index (κ1) is 28.4. The molecule has 0 unspecified atom stereocenters. The number of nitrogens with two attached hydrogens (primary N) is 1. The number of aliphatic hydroxyl groups is 1. The Balaban J connectivity index is 1.33. The molecule has 208 valence electrons. The van der Waals surface area contributed by atoms with Crippen molar-refractivity contribution in [1.82, 2.24) is 9.97 Å². The van der Waals surface area contributed by atoms with Crippen LogP contribution < -0.4 is 15.2 Å². The predicted molar refractivity (Wildman–Crippen MR) is 149 cm³/mol. The number of benzene rings is 2. The van der Waals surface area contributed by atoms with Crippen molar-refractivity contribution in [2.24, 2.45) is 11.7 Å². The van der Waals surface area contributed by atoms with E-state index in [-0.39, 0.29) is 17.5 Å². The van der Waals surface area contributed by atoms with Crippen LogP contribution in [-0.2, 0) is 15.8 Å². The highest BCUT2D eigenvalue weighted by Gasteiger charge is 2.36. The molecule has 3 aromatic rings. The quantitative estimate of drug-likeness (QED) is 0.317. The van der Waals surface area contributed by atoms with E-state index < -0.39 is 17.3 Å². The molecule has 0 bridgehead atoms. The molecule has 0 spiro atoms. The highest BCUT2D eigenvalue weighted by atomic mass is 16.6. The van der Waals surface area contributed by atoms with Gasteiger partial charge in [0.25, 0.3) is 0 Å². The first-order valence-corrected chi connectivity index (χ1v) is 13.3. The number of primary amides is 1. The van der Waals surface area contributed by atoms with Gasteiger partial charge in [-0.2, -0.15) is 4.98 Å². The number of carbonyl (C=O) groups is 1. The van der Waals surface area contributed by atoms with E-state index in [2.05, 4.69) is 35.9 Å². The van der Waals surface area contributed by atoms with Gasteiger partial charge in [0.05, 0.1) is 11.8 Å². The van der Waals surface area contributed by atoms with Gasteiger partial charge in [-0.05, 0) is 94.3 Å². The molecule has 1 saturated carbocycles. The molecule has 1 aliphatic rings. The third kappa shape index (κ3) is 7.26. The fourth-order valence-electron chi connectivity index (χ4n) is 5.03. The largest absolute Gasteiger partial charge is 0.490 e. The van der Waals surface area contributed by atoms with E-state index in [1.165, 1.54) is 5.56 Å². The van der Waals surface area contributed by atoms with Crippen molar-refractivity contribution in [2.45, 2.75) is 83.5 Å². The van der Waals surface area contributed by atoms with E-state index in [1.807, 2.05) is 50.2 Å². The summed E-state index contributed by atoms with van der Waals surface area (Å²) in [6.07, 6.45) is 3.64. The van der Waals surface area contributed by atoms with E-state index in [9.17, 15) is 9.90 Å². The summed E-state index contributed by atoms with van der Waals surface area (Å²) in [4.78, 5) is 19.5. The lowest BCUT2D eigenvalue weighted by atomic mass is 9.76. The third-order valence-corrected chi connectivity index (χ3v) is 7.27. The monoisotopic (exact) mass is 533 g/mol. The summed E-state index contributed by atoms with van der Waals surface area (Å²) in [6, 6.07) is 18.0. The Hall–Kier alpha value is -3.65. The minimum absolute atomic E-state index is 0.166. The number of rotatable bonds is 10. The summed E-state index contributed by atoms with van der Waals surface area (Å²) in [5, 5.41) is 10.2. The van der Waals surface area contributed by atoms with Gasteiger partial charge < -0.3 is 25.1 Å². The van der Waals surface area contributed by atoms with Crippen molar-refractivity contribution in [2.75, 3.05) is 0 Å². The van der Waals surface area contributed by atoms with E-state index in [0.717, 1.165) is 30.6 Å². The second-order valence-electron chi connectivity index (χ2n) is 12.0.